The van der Waals surface area contributed by atoms with Gasteiger partial charge in [-0.2, -0.15) is 0 Å². The van der Waals surface area contributed by atoms with Crippen LogP contribution in [0.25, 0.3) is 0 Å². The molecule has 22 heavy (non-hydrogen) atoms. The van der Waals surface area contributed by atoms with Gasteiger partial charge in [0.2, 0.25) is 5.91 Å². The first kappa shape index (κ1) is 17.3. The van der Waals surface area contributed by atoms with Gasteiger partial charge in [-0.3, -0.25) is 4.79 Å². The Morgan fingerprint density at radius 3 is 2.68 bits per heavy atom. The second kappa shape index (κ2) is 7.01. The second-order valence-corrected chi connectivity index (χ2v) is 8.89. The van der Waals surface area contributed by atoms with Crippen LogP contribution in [-0.2, 0) is 21.2 Å². The van der Waals surface area contributed by atoms with Gasteiger partial charge in [-0.25, -0.2) is 8.42 Å². The lowest BCUT2D eigenvalue weighted by atomic mass is 10.2. The lowest BCUT2D eigenvalue weighted by Gasteiger charge is -2.24. The molecule has 1 aromatic rings. The zero-order chi connectivity index (χ0) is 16.3. The Morgan fingerprint density at radius 1 is 1.41 bits per heavy atom. The van der Waals surface area contributed by atoms with E-state index in [4.69, 9.17) is 0 Å². The minimum absolute atomic E-state index is 0.0380. The van der Waals surface area contributed by atoms with E-state index in [1.54, 1.807) is 11.9 Å². The molecule has 0 aliphatic carbocycles. The van der Waals surface area contributed by atoms with E-state index in [2.05, 4.69) is 9.59 Å². The molecule has 1 fully saturated rings. The van der Waals surface area contributed by atoms with Crippen LogP contribution in [-0.4, -0.2) is 71.9 Å². The molecule has 1 atom stereocenters. The van der Waals surface area contributed by atoms with E-state index in [-0.39, 0.29) is 23.5 Å². The van der Waals surface area contributed by atoms with E-state index >= 15 is 0 Å². The van der Waals surface area contributed by atoms with Crippen molar-refractivity contribution in [2.24, 2.45) is 0 Å². The van der Waals surface area contributed by atoms with Crippen LogP contribution in [0.4, 0.5) is 0 Å². The van der Waals surface area contributed by atoms with E-state index in [1.165, 1.54) is 11.5 Å². The van der Waals surface area contributed by atoms with Gasteiger partial charge in [-0.15, -0.1) is 5.10 Å². The maximum absolute atomic E-state index is 12.2. The number of hydrogen-bond donors (Lipinski definition) is 0. The van der Waals surface area contributed by atoms with Crippen molar-refractivity contribution in [3.8, 4) is 0 Å². The third-order valence-electron chi connectivity index (χ3n) is 4.06. The zero-order valence-corrected chi connectivity index (χ0v) is 14.8. The minimum Gasteiger partial charge on any atom is -0.340 e. The minimum atomic E-state index is -2.88. The largest absolute Gasteiger partial charge is 0.340 e. The average molecular weight is 346 g/mol. The summed E-state index contributed by atoms with van der Waals surface area (Å²) in [5, 5.41) is 3.93. The van der Waals surface area contributed by atoms with Gasteiger partial charge in [-0.05, 0) is 31.9 Å². The number of sulfone groups is 1. The smallest absolute Gasteiger partial charge is 0.223 e. The van der Waals surface area contributed by atoms with Gasteiger partial charge >= 0.3 is 0 Å². The van der Waals surface area contributed by atoms with Crippen LogP contribution in [0.5, 0.6) is 0 Å². The van der Waals surface area contributed by atoms with Crippen LogP contribution in [0.3, 0.4) is 0 Å². The molecule has 2 heterocycles. The predicted octanol–water partition coefficient (Wildman–Crippen LogP) is 0.314. The van der Waals surface area contributed by atoms with Crippen LogP contribution in [0, 0.1) is 6.92 Å². The molecule has 1 unspecified atom stereocenters. The molecule has 1 aromatic heterocycles. The second-order valence-electron chi connectivity index (χ2n) is 5.82. The summed E-state index contributed by atoms with van der Waals surface area (Å²) in [5.41, 5.74) is 0.859. The van der Waals surface area contributed by atoms with E-state index in [1.807, 2.05) is 18.9 Å². The summed E-state index contributed by atoms with van der Waals surface area (Å²) in [6.07, 6.45) is 1.05. The number of aryl methyl sites for hydroxylation is 1. The number of carbonyl (C=O) groups excluding carboxylic acids is 1. The molecule has 2 rings (SSSR count). The Balaban J connectivity index is 1.78. The molecule has 0 radical (unpaired) electrons. The molecule has 124 valence electrons. The number of nitrogens with zero attached hydrogens (tertiary/aromatic N) is 4. The lowest BCUT2D eigenvalue weighted by molar-refractivity contribution is -0.130. The topological polar surface area (TPSA) is 83.5 Å². The summed E-state index contributed by atoms with van der Waals surface area (Å²) in [5.74, 6) is 0.507. The van der Waals surface area contributed by atoms with Gasteiger partial charge in [-0.1, -0.05) is 4.49 Å². The molecule has 7 nitrogen and oxygen atoms in total. The maximum Gasteiger partial charge on any atom is 0.223 e. The Hall–Kier alpha value is -1.06. The summed E-state index contributed by atoms with van der Waals surface area (Å²) >= 11 is 1.31. The van der Waals surface area contributed by atoms with E-state index in [9.17, 15) is 13.2 Å². The highest BCUT2D eigenvalue weighted by atomic mass is 32.2. The van der Waals surface area contributed by atoms with Crippen molar-refractivity contribution in [1.82, 2.24) is 19.4 Å². The third kappa shape index (κ3) is 4.47. The van der Waals surface area contributed by atoms with Crippen LogP contribution in [0.1, 0.15) is 23.4 Å². The molecule has 1 saturated heterocycles. The monoisotopic (exact) mass is 346 g/mol. The molecule has 1 amide bonds. The summed E-state index contributed by atoms with van der Waals surface area (Å²) in [6.45, 7) is 2.97. The molecule has 1 aliphatic heterocycles. The third-order valence-corrected chi connectivity index (χ3v) is 6.62. The highest BCUT2D eigenvalue weighted by Gasteiger charge is 2.30. The first-order valence-electron chi connectivity index (χ1n) is 7.21. The van der Waals surface area contributed by atoms with Crippen molar-refractivity contribution < 1.29 is 13.2 Å². The molecule has 0 aromatic carbocycles. The molecule has 9 heteroatoms. The predicted molar refractivity (Wildman–Crippen MR) is 85.4 cm³/mol. The Bertz CT molecular complexity index is 629. The van der Waals surface area contributed by atoms with Gasteiger partial charge < -0.3 is 9.80 Å². The maximum atomic E-state index is 12.2. The standard InChI is InChI=1S/C13H22N4O3S2/c1-10-12(21-15-14-10)8-17(3)13(18)4-6-16(2)11-5-7-22(19,20)9-11/h11H,4-9H2,1-3H3. The Kier molecular flexibility index (Phi) is 5.51. The fraction of sp³-hybridized carbons (Fsp3) is 0.769. The molecule has 0 N–H and O–H groups in total. The van der Waals surface area contributed by atoms with Crippen molar-refractivity contribution in [3.63, 3.8) is 0 Å². The quantitative estimate of drug-likeness (QED) is 0.737. The molecular formula is C13H22N4O3S2. The average Bonchev–Trinajstić information content (AvgIpc) is 3.01. The Morgan fingerprint density at radius 2 is 2.14 bits per heavy atom. The lowest BCUT2D eigenvalue weighted by Crippen LogP contribution is -2.36. The number of carbonyl (C=O) groups is 1. The zero-order valence-electron chi connectivity index (χ0n) is 13.2. The van der Waals surface area contributed by atoms with Gasteiger partial charge in [0.25, 0.3) is 0 Å². The van der Waals surface area contributed by atoms with Crippen molar-refractivity contribution in [2.75, 3.05) is 32.1 Å². The van der Waals surface area contributed by atoms with E-state index < -0.39 is 9.84 Å². The molecule has 0 saturated carbocycles. The first-order valence-corrected chi connectivity index (χ1v) is 9.80. The van der Waals surface area contributed by atoms with Gasteiger partial charge in [0.05, 0.1) is 28.6 Å². The van der Waals surface area contributed by atoms with E-state index in [0.717, 1.165) is 10.6 Å². The fourth-order valence-electron chi connectivity index (χ4n) is 2.47. The number of hydrogen-bond acceptors (Lipinski definition) is 7. The SMILES string of the molecule is Cc1nnsc1CN(C)C(=O)CCN(C)C1CCS(=O)(=O)C1. The van der Waals surface area contributed by atoms with E-state index in [0.29, 0.717) is 25.9 Å². The normalized spacial score (nSPS) is 20.5. The summed E-state index contributed by atoms with van der Waals surface area (Å²) in [4.78, 5) is 16.8. The van der Waals surface area contributed by atoms with Crippen LogP contribution >= 0.6 is 11.5 Å². The molecule has 0 spiro atoms. The van der Waals surface area contributed by atoms with Crippen molar-refractivity contribution in [3.05, 3.63) is 10.6 Å². The fourth-order valence-corrected chi connectivity index (χ4v) is 4.96. The number of amides is 1. The summed E-state index contributed by atoms with van der Waals surface area (Å²) in [7, 11) is 0.766. The van der Waals surface area contributed by atoms with Crippen molar-refractivity contribution in [1.29, 1.82) is 0 Å². The summed E-state index contributed by atoms with van der Waals surface area (Å²) < 4.78 is 26.8. The highest BCUT2D eigenvalue weighted by molar-refractivity contribution is 7.91. The van der Waals surface area contributed by atoms with Gasteiger partial charge in [0.15, 0.2) is 9.84 Å². The Labute approximate surface area is 135 Å². The van der Waals surface area contributed by atoms with Crippen LogP contribution in [0.15, 0.2) is 0 Å². The van der Waals surface area contributed by atoms with Crippen molar-refractivity contribution in [2.45, 2.75) is 32.4 Å². The van der Waals surface area contributed by atoms with Crippen molar-refractivity contribution >= 4 is 27.3 Å². The van der Waals surface area contributed by atoms with Gasteiger partial charge in [0.1, 0.15) is 0 Å². The highest BCUT2D eigenvalue weighted by Crippen LogP contribution is 2.17. The number of aromatic nitrogens is 2. The summed E-state index contributed by atoms with van der Waals surface area (Å²) in [6, 6.07) is 0.0380. The molecule has 1 aliphatic rings. The molecule has 0 bridgehead atoms. The van der Waals surface area contributed by atoms with Gasteiger partial charge in [0, 0.05) is 26.1 Å². The number of rotatable bonds is 6. The molecular weight excluding hydrogens is 324 g/mol. The van der Waals surface area contributed by atoms with Crippen LogP contribution in [0.2, 0.25) is 0 Å². The first-order chi connectivity index (χ1) is 10.3. The van der Waals surface area contributed by atoms with Crippen LogP contribution < -0.4 is 0 Å².